The highest BCUT2D eigenvalue weighted by atomic mass is 19.3. The SMILES string of the molecule is Cn1cc(-n2nc(-c3ccc(C(F)F)cc3)cc(C(=O)N[C@H]3CCCC[C@H]3O)c2=O)cn1. The molecule has 1 aliphatic rings. The molecule has 0 radical (unpaired) electrons. The molecule has 3 aromatic rings. The number of carbonyl (C=O) groups is 1. The first kappa shape index (κ1) is 21.8. The molecule has 1 aromatic carbocycles. The molecule has 2 aromatic heterocycles. The number of carbonyl (C=O) groups excluding carboxylic acids is 1. The molecule has 1 saturated carbocycles. The Bertz CT molecular complexity index is 1170. The molecule has 168 valence electrons. The van der Waals surface area contributed by atoms with Crippen LogP contribution in [0.4, 0.5) is 8.78 Å². The summed E-state index contributed by atoms with van der Waals surface area (Å²) < 4.78 is 28.4. The second kappa shape index (κ2) is 8.99. The topological polar surface area (TPSA) is 102 Å². The molecule has 2 atom stereocenters. The van der Waals surface area contributed by atoms with Crippen molar-refractivity contribution >= 4 is 5.91 Å². The Morgan fingerprint density at radius 3 is 2.56 bits per heavy atom. The fourth-order valence-electron chi connectivity index (χ4n) is 3.82. The van der Waals surface area contributed by atoms with Crippen molar-refractivity contribution in [3.63, 3.8) is 0 Å². The maximum absolute atomic E-state index is 13.1. The number of aryl methyl sites for hydroxylation is 1. The molecule has 0 saturated heterocycles. The van der Waals surface area contributed by atoms with Gasteiger partial charge in [-0.2, -0.15) is 14.9 Å². The van der Waals surface area contributed by atoms with Gasteiger partial charge in [0, 0.05) is 18.2 Å². The fraction of sp³-hybridized carbons (Fsp3) is 0.364. The van der Waals surface area contributed by atoms with E-state index in [1.165, 1.54) is 41.2 Å². The molecule has 0 spiro atoms. The Morgan fingerprint density at radius 1 is 1.22 bits per heavy atom. The average molecular weight is 443 g/mol. The number of aliphatic hydroxyl groups excluding tert-OH is 1. The van der Waals surface area contributed by atoms with Gasteiger partial charge >= 0.3 is 0 Å². The molecule has 2 heterocycles. The minimum absolute atomic E-state index is 0.140. The van der Waals surface area contributed by atoms with Crippen molar-refractivity contribution in [1.29, 1.82) is 0 Å². The Kier molecular flexibility index (Phi) is 6.13. The Hall–Kier alpha value is -3.40. The van der Waals surface area contributed by atoms with Crippen LogP contribution >= 0.6 is 0 Å². The third kappa shape index (κ3) is 4.45. The van der Waals surface area contributed by atoms with Crippen molar-refractivity contribution in [2.24, 2.45) is 7.05 Å². The number of alkyl halides is 2. The van der Waals surface area contributed by atoms with Gasteiger partial charge in [0.15, 0.2) is 0 Å². The van der Waals surface area contributed by atoms with Gasteiger partial charge in [0.05, 0.1) is 30.2 Å². The van der Waals surface area contributed by atoms with Crippen LogP contribution in [0.1, 0.15) is 48.0 Å². The minimum Gasteiger partial charge on any atom is -0.391 e. The monoisotopic (exact) mass is 443 g/mol. The molecule has 1 aliphatic carbocycles. The molecule has 8 nitrogen and oxygen atoms in total. The number of hydrogen-bond donors (Lipinski definition) is 2. The summed E-state index contributed by atoms with van der Waals surface area (Å²) in [6.45, 7) is 0. The summed E-state index contributed by atoms with van der Waals surface area (Å²) in [4.78, 5) is 26.1. The molecule has 2 N–H and O–H groups in total. The van der Waals surface area contributed by atoms with E-state index in [1.807, 2.05) is 0 Å². The van der Waals surface area contributed by atoms with Gasteiger partial charge in [0.1, 0.15) is 11.3 Å². The quantitative estimate of drug-likeness (QED) is 0.631. The molecule has 0 aliphatic heterocycles. The van der Waals surface area contributed by atoms with Crippen LogP contribution in [0, 0.1) is 0 Å². The summed E-state index contributed by atoms with van der Waals surface area (Å²) >= 11 is 0. The van der Waals surface area contributed by atoms with Gasteiger partial charge < -0.3 is 10.4 Å². The van der Waals surface area contributed by atoms with Gasteiger partial charge in [-0.25, -0.2) is 8.78 Å². The highest BCUT2D eigenvalue weighted by Crippen LogP contribution is 2.24. The van der Waals surface area contributed by atoms with Crippen LogP contribution in [0.3, 0.4) is 0 Å². The number of aliphatic hydroxyl groups is 1. The van der Waals surface area contributed by atoms with Crippen molar-refractivity contribution in [3.8, 4) is 16.9 Å². The fourth-order valence-corrected chi connectivity index (χ4v) is 3.82. The van der Waals surface area contributed by atoms with Crippen LogP contribution in [0.2, 0.25) is 0 Å². The highest BCUT2D eigenvalue weighted by molar-refractivity contribution is 5.95. The predicted molar refractivity (Wildman–Crippen MR) is 113 cm³/mol. The summed E-state index contributed by atoms with van der Waals surface area (Å²) in [5.74, 6) is -0.619. The second-order valence-electron chi connectivity index (χ2n) is 7.89. The minimum atomic E-state index is -2.61. The molecule has 1 fully saturated rings. The van der Waals surface area contributed by atoms with Crippen molar-refractivity contribution in [3.05, 3.63) is 64.2 Å². The number of halogens is 2. The van der Waals surface area contributed by atoms with E-state index in [1.54, 1.807) is 13.2 Å². The number of aromatic nitrogens is 4. The number of nitrogens with one attached hydrogen (secondary N) is 1. The molecule has 10 heteroatoms. The summed E-state index contributed by atoms with van der Waals surface area (Å²) in [5, 5.41) is 21.3. The van der Waals surface area contributed by atoms with Crippen molar-refractivity contribution < 1.29 is 18.7 Å². The van der Waals surface area contributed by atoms with Crippen LogP contribution < -0.4 is 10.9 Å². The van der Waals surface area contributed by atoms with Crippen LogP contribution in [-0.4, -0.2) is 42.7 Å². The van der Waals surface area contributed by atoms with Gasteiger partial charge in [0.25, 0.3) is 17.9 Å². The van der Waals surface area contributed by atoms with Crippen LogP contribution in [-0.2, 0) is 7.05 Å². The van der Waals surface area contributed by atoms with E-state index in [0.717, 1.165) is 17.5 Å². The molecule has 0 bridgehead atoms. The van der Waals surface area contributed by atoms with Gasteiger partial charge in [-0.1, -0.05) is 37.1 Å². The summed E-state index contributed by atoms with van der Waals surface area (Å²) in [6.07, 6.45) is 2.70. The number of nitrogens with zero attached hydrogens (tertiary/aromatic N) is 4. The Morgan fingerprint density at radius 2 is 1.94 bits per heavy atom. The summed E-state index contributed by atoms with van der Waals surface area (Å²) in [6, 6.07) is 6.39. The van der Waals surface area contributed by atoms with Crippen molar-refractivity contribution in [2.75, 3.05) is 0 Å². The zero-order chi connectivity index (χ0) is 22.8. The lowest BCUT2D eigenvalue weighted by atomic mass is 9.92. The average Bonchev–Trinajstić information content (AvgIpc) is 3.21. The maximum atomic E-state index is 13.1. The first-order valence-corrected chi connectivity index (χ1v) is 10.3. The standard InChI is InChI=1S/C22H23F2N5O3/c1-28-12-15(11-25-28)29-22(32)16(21(31)26-17-4-2-3-5-19(17)30)10-18(27-29)13-6-8-14(9-7-13)20(23)24/h6-12,17,19-20,30H,2-5H2,1H3,(H,26,31)/t17-,19+/m0/s1. The van der Waals surface area contributed by atoms with E-state index in [0.29, 0.717) is 24.1 Å². The Balaban J connectivity index is 1.77. The molecular formula is C22H23F2N5O3. The molecule has 32 heavy (non-hydrogen) atoms. The lowest BCUT2D eigenvalue weighted by Gasteiger charge is -2.28. The van der Waals surface area contributed by atoms with Gasteiger partial charge in [-0.05, 0) is 18.9 Å². The lowest BCUT2D eigenvalue weighted by Crippen LogP contribution is -2.46. The van der Waals surface area contributed by atoms with E-state index in [-0.39, 0.29) is 16.8 Å². The first-order valence-electron chi connectivity index (χ1n) is 10.3. The molecular weight excluding hydrogens is 420 g/mol. The first-order chi connectivity index (χ1) is 15.3. The second-order valence-corrected chi connectivity index (χ2v) is 7.89. The number of hydrogen-bond acceptors (Lipinski definition) is 5. The smallest absolute Gasteiger partial charge is 0.284 e. The van der Waals surface area contributed by atoms with Crippen molar-refractivity contribution in [2.45, 2.75) is 44.3 Å². The largest absolute Gasteiger partial charge is 0.391 e. The van der Waals surface area contributed by atoms with Crippen molar-refractivity contribution in [1.82, 2.24) is 24.9 Å². The van der Waals surface area contributed by atoms with Crippen LogP contribution in [0.15, 0.2) is 47.5 Å². The van der Waals surface area contributed by atoms with E-state index in [4.69, 9.17) is 0 Å². The van der Waals surface area contributed by atoms with Crippen LogP contribution in [0.5, 0.6) is 0 Å². The molecule has 0 unspecified atom stereocenters. The zero-order valence-corrected chi connectivity index (χ0v) is 17.4. The summed E-state index contributed by atoms with van der Waals surface area (Å²) in [7, 11) is 1.68. The molecule has 4 rings (SSSR count). The maximum Gasteiger partial charge on any atom is 0.284 e. The predicted octanol–water partition coefficient (Wildman–Crippen LogP) is 2.60. The van der Waals surface area contributed by atoms with Gasteiger partial charge in [-0.3, -0.25) is 14.3 Å². The number of benzene rings is 1. The van der Waals surface area contributed by atoms with E-state index in [9.17, 15) is 23.5 Å². The normalized spacial score (nSPS) is 18.7. The summed E-state index contributed by atoms with van der Waals surface area (Å²) in [5.41, 5.74) is 0.152. The molecule has 1 amide bonds. The number of amides is 1. The number of rotatable bonds is 5. The highest BCUT2D eigenvalue weighted by Gasteiger charge is 2.27. The van der Waals surface area contributed by atoms with Gasteiger partial charge in [0.2, 0.25) is 0 Å². The Labute approximate surface area is 182 Å². The third-order valence-electron chi connectivity index (χ3n) is 5.60. The zero-order valence-electron chi connectivity index (χ0n) is 17.4. The van der Waals surface area contributed by atoms with E-state index >= 15 is 0 Å². The third-order valence-corrected chi connectivity index (χ3v) is 5.60. The lowest BCUT2D eigenvalue weighted by molar-refractivity contribution is 0.0716. The van der Waals surface area contributed by atoms with Gasteiger partial charge in [-0.15, -0.1) is 0 Å². The van der Waals surface area contributed by atoms with E-state index < -0.39 is 30.0 Å². The van der Waals surface area contributed by atoms with Crippen LogP contribution in [0.25, 0.3) is 16.9 Å². The van der Waals surface area contributed by atoms with E-state index in [2.05, 4.69) is 15.5 Å².